The molecule has 2 saturated heterocycles. The highest BCUT2D eigenvalue weighted by molar-refractivity contribution is 9.10. The minimum Gasteiger partial charge on any atom is -0.444 e. The van der Waals surface area contributed by atoms with Crippen LogP contribution < -0.4 is 4.90 Å². The van der Waals surface area contributed by atoms with Crippen LogP contribution in [0.1, 0.15) is 33.6 Å². The molecule has 1 atom stereocenters. The van der Waals surface area contributed by atoms with Crippen LogP contribution >= 0.6 is 15.9 Å². The van der Waals surface area contributed by atoms with Crippen molar-refractivity contribution < 1.29 is 14.3 Å². The number of anilines is 1. The van der Waals surface area contributed by atoms with Crippen molar-refractivity contribution in [2.24, 2.45) is 0 Å². The maximum Gasteiger partial charge on any atom is 0.410 e. The number of pyridine rings is 1. The van der Waals surface area contributed by atoms with E-state index < -0.39 is 17.7 Å². The van der Waals surface area contributed by atoms with Gasteiger partial charge in [0.1, 0.15) is 17.5 Å². The second-order valence-corrected chi connectivity index (χ2v) is 8.89. The zero-order valence-electron chi connectivity index (χ0n) is 16.2. The fourth-order valence-electron chi connectivity index (χ4n) is 3.48. The molecule has 1 aromatic rings. The molecule has 0 bridgehead atoms. The fraction of sp³-hybridized carbons (Fsp3) is 0.632. The number of nitrogens with zero attached hydrogens (tertiary/aromatic N) is 4. The molecule has 148 valence electrons. The molecule has 0 aromatic carbocycles. The predicted octanol–water partition coefficient (Wildman–Crippen LogP) is 2.89. The minimum atomic E-state index is -0.559. The van der Waals surface area contributed by atoms with E-state index in [9.17, 15) is 9.59 Å². The van der Waals surface area contributed by atoms with Gasteiger partial charge in [-0.3, -0.25) is 9.69 Å². The Morgan fingerprint density at radius 1 is 1.15 bits per heavy atom. The Bertz CT molecular complexity index is 681. The molecule has 27 heavy (non-hydrogen) atoms. The highest BCUT2D eigenvalue weighted by atomic mass is 79.9. The number of piperazine rings is 1. The Kier molecular flexibility index (Phi) is 5.93. The quantitative estimate of drug-likeness (QED) is 0.709. The molecule has 8 heteroatoms. The molecular formula is C19H27BrN4O3. The van der Waals surface area contributed by atoms with Gasteiger partial charge < -0.3 is 14.5 Å². The van der Waals surface area contributed by atoms with Crippen molar-refractivity contribution in [1.82, 2.24) is 14.8 Å². The third kappa shape index (κ3) is 4.91. The van der Waals surface area contributed by atoms with Crippen molar-refractivity contribution in [3.8, 4) is 0 Å². The first-order valence-electron chi connectivity index (χ1n) is 9.39. The zero-order valence-corrected chi connectivity index (χ0v) is 17.7. The topological polar surface area (TPSA) is 66.0 Å². The van der Waals surface area contributed by atoms with E-state index >= 15 is 0 Å². The van der Waals surface area contributed by atoms with Crippen LogP contribution in [-0.4, -0.2) is 71.2 Å². The first-order chi connectivity index (χ1) is 12.7. The number of hydrogen-bond acceptors (Lipinski definition) is 5. The van der Waals surface area contributed by atoms with Crippen LogP contribution in [0, 0.1) is 0 Å². The third-order valence-corrected chi connectivity index (χ3v) is 5.26. The average Bonchev–Trinajstić information content (AvgIpc) is 3.10. The van der Waals surface area contributed by atoms with Gasteiger partial charge in [-0.1, -0.05) is 0 Å². The molecule has 2 fully saturated rings. The van der Waals surface area contributed by atoms with Gasteiger partial charge in [-0.05, 0) is 61.7 Å². The Morgan fingerprint density at radius 3 is 2.44 bits per heavy atom. The van der Waals surface area contributed by atoms with Crippen LogP contribution in [0.2, 0.25) is 0 Å². The normalized spacial score (nSPS) is 20.7. The summed E-state index contributed by atoms with van der Waals surface area (Å²) in [6.07, 6.45) is 2.92. The van der Waals surface area contributed by atoms with Gasteiger partial charge in [0.25, 0.3) is 0 Å². The lowest BCUT2D eigenvalue weighted by molar-refractivity contribution is -0.136. The molecule has 7 nitrogen and oxygen atoms in total. The summed E-state index contributed by atoms with van der Waals surface area (Å²) in [6.45, 7) is 8.84. The average molecular weight is 439 g/mol. The number of carbonyl (C=O) groups is 2. The Labute approximate surface area is 168 Å². The SMILES string of the molecule is CC(C)(C)OC(=O)N1CCC[C@H]1C(=O)N1CCN(c2ccc(Br)cn2)CC1. The van der Waals surface area contributed by atoms with E-state index in [2.05, 4.69) is 25.8 Å². The van der Waals surface area contributed by atoms with E-state index in [1.165, 1.54) is 0 Å². The number of rotatable bonds is 2. The maximum absolute atomic E-state index is 13.0. The van der Waals surface area contributed by atoms with E-state index in [-0.39, 0.29) is 5.91 Å². The molecule has 2 amide bonds. The summed E-state index contributed by atoms with van der Waals surface area (Å²) in [5.41, 5.74) is -0.559. The number of ether oxygens (including phenoxy) is 1. The molecule has 3 heterocycles. The molecule has 2 aliphatic heterocycles. The third-order valence-electron chi connectivity index (χ3n) is 4.79. The molecular weight excluding hydrogens is 412 g/mol. The molecule has 0 radical (unpaired) electrons. The number of likely N-dealkylation sites (tertiary alicyclic amines) is 1. The van der Waals surface area contributed by atoms with Gasteiger partial charge in [0.2, 0.25) is 5.91 Å². The molecule has 0 unspecified atom stereocenters. The highest BCUT2D eigenvalue weighted by Gasteiger charge is 2.39. The van der Waals surface area contributed by atoms with Crippen LogP contribution in [0.3, 0.4) is 0 Å². The van der Waals surface area contributed by atoms with Crippen molar-refractivity contribution >= 4 is 33.7 Å². The molecule has 1 aromatic heterocycles. The van der Waals surface area contributed by atoms with Crippen LogP contribution in [0.25, 0.3) is 0 Å². The van der Waals surface area contributed by atoms with Gasteiger partial charge in [-0.2, -0.15) is 0 Å². The molecule has 0 saturated carbocycles. The van der Waals surface area contributed by atoms with Crippen molar-refractivity contribution in [2.75, 3.05) is 37.6 Å². The molecule has 3 rings (SSSR count). The lowest BCUT2D eigenvalue weighted by Crippen LogP contribution is -2.55. The fourth-order valence-corrected chi connectivity index (χ4v) is 3.72. The summed E-state index contributed by atoms with van der Waals surface area (Å²) in [7, 11) is 0. The monoisotopic (exact) mass is 438 g/mol. The first kappa shape index (κ1) is 19.9. The summed E-state index contributed by atoms with van der Waals surface area (Å²) in [6, 6.07) is 3.54. The van der Waals surface area contributed by atoms with E-state index in [1.807, 2.05) is 37.8 Å². The predicted molar refractivity (Wildman–Crippen MR) is 107 cm³/mol. The second-order valence-electron chi connectivity index (χ2n) is 7.98. The van der Waals surface area contributed by atoms with Gasteiger partial charge >= 0.3 is 6.09 Å². The van der Waals surface area contributed by atoms with Gasteiger partial charge in [0.05, 0.1) is 0 Å². The molecule has 0 spiro atoms. The standard InChI is InChI=1S/C19H27BrN4O3/c1-19(2,3)27-18(26)24-8-4-5-15(24)17(25)23-11-9-22(10-12-23)16-7-6-14(20)13-21-16/h6-7,13,15H,4-5,8-12H2,1-3H3/t15-/m0/s1. The largest absolute Gasteiger partial charge is 0.444 e. The molecule has 2 aliphatic rings. The van der Waals surface area contributed by atoms with Gasteiger partial charge in [-0.15, -0.1) is 0 Å². The van der Waals surface area contributed by atoms with Crippen molar-refractivity contribution in [3.05, 3.63) is 22.8 Å². The first-order valence-corrected chi connectivity index (χ1v) is 10.2. The van der Waals surface area contributed by atoms with Crippen LogP contribution in [0.15, 0.2) is 22.8 Å². The van der Waals surface area contributed by atoms with Crippen molar-refractivity contribution in [1.29, 1.82) is 0 Å². The Morgan fingerprint density at radius 2 is 1.85 bits per heavy atom. The molecule has 0 N–H and O–H groups in total. The van der Waals surface area contributed by atoms with E-state index in [1.54, 1.807) is 11.1 Å². The Balaban J connectivity index is 1.58. The molecule has 0 aliphatic carbocycles. The summed E-state index contributed by atoms with van der Waals surface area (Å²) in [4.78, 5) is 35.5. The maximum atomic E-state index is 13.0. The second kappa shape index (κ2) is 8.04. The van der Waals surface area contributed by atoms with Crippen LogP contribution in [0.5, 0.6) is 0 Å². The summed E-state index contributed by atoms with van der Waals surface area (Å²) >= 11 is 3.39. The number of hydrogen-bond donors (Lipinski definition) is 0. The van der Waals surface area contributed by atoms with E-state index in [0.717, 1.165) is 29.8 Å². The number of aromatic nitrogens is 1. The van der Waals surface area contributed by atoms with Gasteiger partial charge in [-0.25, -0.2) is 9.78 Å². The summed E-state index contributed by atoms with van der Waals surface area (Å²) < 4.78 is 6.42. The van der Waals surface area contributed by atoms with E-state index in [0.29, 0.717) is 26.1 Å². The Hall–Kier alpha value is -1.83. The zero-order chi connectivity index (χ0) is 19.6. The number of amides is 2. The number of halogens is 1. The van der Waals surface area contributed by atoms with Crippen LogP contribution in [-0.2, 0) is 9.53 Å². The van der Waals surface area contributed by atoms with Crippen molar-refractivity contribution in [3.63, 3.8) is 0 Å². The van der Waals surface area contributed by atoms with Gasteiger partial charge in [0, 0.05) is 43.4 Å². The lowest BCUT2D eigenvalue weighted by atomic mass is 10.1. The van der Waals surface area contributed by atoms with Gasteiger partial charge in [0.15, 0.2) is 0 Å². The summed E-state index contributed by atoms with van der Waals surface area (Å²) in [5.74, 6) is 0.948. The van der Waals surface area contributed by atoms with Crippen LogP contribution in [0.4, 0.5) is 10.6 Å². The summed E-state index contributed by atoms with van der Waals surface area (Å²) in [5, 5.41) is 0. The highest BCUT2D eigenvalue weighted by Crippen LogP contribution is 2.24. The van der Waals surface area contributed by atoms with E-state index in [4.69, 9.17) is 4.74 Å². The lowest BCUT2D eigenvalue weighted by Gasteiger charge is -2.38. The minimum absolute atomic E-state index is 0.0294. The smallest absolute Gasteiger partial charge is 0.410 e. The van der Waals surface area contributed by atoms with Crippen molar-refractivity contribution in [2.45, 2.75) is 45.3 Å². The number of carbonyl (C=O) groups excluding carboxylic acids is 2.